The highest BCUT2D eigenvalue weighted by molar-refractivity contribution is 5.83. The average Bonchev–Trinajstić information content (AvgIpc) is 3.28. The summed E-state index contributed by atoms with van der Waals surface area (Å²) in [6.45, 7) is 4.20. The maximum atomic E-state index is 5.44. The quantitative estimate of drug-likeness (QED) is 0.567. The minimum atomic E-state index is 0.270. The summed E-state index contributed by atoms with van der Waals surface area (Å²) in [7, 11) is 0. The molecular formula is C19H17N5O2. The molecule has 0 unspecified atom stereocenters. The second-order valence-corrected chi connectivity index (χ2v) is 6.45. The average molecular weight is 347 g/mol. The normalized spacial score (nSPS) is 13.0. The van der Waals surface area contributed by atoms with Crippen LogP contribution in [-0.2, 0) is 12.8 Å². The van der Waals surface area contributed by atoms with Crippen LogP contribution in [0.25, 0.3) is 16.6 Å². The highest BCUT2D eigenvalue weighted by atomic mass is 16.7. The molecule has 0 saturated carbocycles. The first-order chi connectivity index (χ1) is 12.7. The summed E-state index contributed by atoms with van der Waals surface area (Å²) in [6, 6.07) is 8.01. The van der Waals surface area contributed by atoms with Crippen LogP contribution in [0.5, 0.6) is 11.5 Å². The summed E-state index contributed by atoms with van der Waals surface area (Å²) >= 11 is 0. The van der Waals surface area contributed by atoms with Gasteiger partial charge in [-0.15, -0.1) is 0 Å². The van der Waals surface area contributed by atoms with Gasteiger partial charge in [-0.2, -0.15) is 5.10 Å². The van der Waals surface area contributed by atoms with Crippen molar-refractivity contribution in [1.29, 1.82) is 0 Å². The maximum Gasteiger partial charge on any atom is 0.231 e. The standard InChI is InChI=1S/C19H17N5O2/c1-11-9-20-12(2)19-22-18(23-24(11)19)6-5-14-4-3-13-7-16-17(26-10-25-16)8-15(13)21-14/h3-4,7-9H,5-6,10H2,1-2H3. The minimum absolute atomic E-state index is 0.270. The second-order valence-electron chi connectivity index (χ2n) is 6.45. The molecule has 7 heteroatoms. The lowest BCUT2D eigenvalue weighted by atomic mass is 10.1. The van der Waals surface area contributed by atoms with Crippen molar-refractivity contribution < 1.29 is 9.47 Å². The predicted octanol–water partition coefficient (Wildman–Crippen LogP) is 2.80. The van der Waals surface area contributed by atoms with Crippen molar-refractivity contribution >= 4 is 16.6 Å². The van der Waals surface area contributed by atoms with E-state index >= 15 is 0 Å². The number of fused-ring (bicyclic) bond motifs is 3. The van der Waals surface area contributed by atoms with Crippen LogP contribution in [-0.4, -0.2) is 31.4 Å². The van der Waals surface area contributed by atoms with E-state index in [0.29, 0.717) is 0 Å². The molecule has 0 radical (unpaired) electrons. The third-order valence-electron chi connectivity index (χ3n) is 4.60. The van der Waals surface area contributed by atoms with Crippen LogP contribution < -0.4 is 9.47 Å². The Morgan fingerprint density at radius 3 is 2.73 bits per heavy atom. The summed E-state index contributed by atoms with van der Waals surface area (Å²) in [5, 5.41) is 5.64. The molecule has 0 aliphatic carbocycles. The molecule has 7 nitrogen and oxygen atoms in total. The number of aryl methyl sites for hydroxylation is 4. The van der Waals surface area contributed by atoms with E-state index in [4.69, 9.17) is 14.5 Å². The molecule has 0 N–H and O–H groups in total. The Kier molecular flexibility index (Phi) is 3.28. The molecule has 0 bridgehead atoms. The first kappa shape index (κ1) is 15.1. The lowest BCUT2D eigenvalue weighted by molar-refractivity contribution is 0.174. The van der Waals surface area contributed by atoms with Crippen molar-refractivity contribution in [3.63, 3.8) is 0 Å². The fourth-order valence-corrected chi connectivity index (χ4v) is 3.18. The highest BCUT2D eigenvalue weighted by Crippen LogP contribution is 2.35. The van der Waals surface area contributed by atoms with E-state index in [1.165, 1.54) is 0 Å². The van der Waals surface area contributed by atoms with E-state index in [0.717, 1.165) is 63.8 Å². The third kappa shape index (κ3) is 2.44. The van der Waals surface area contributed by atoms with Crippen molar-refractivity contribution in [2.75, 3.05) is 6.79 Å². The number of rotatable bonds is 3. The Balaban J connectivity index is 1.42. The first-order valence-corrected chi connectivity index (χ1v) is 8.54. The number of hydrogen-bond donors (Lipinski definition) is 0. The minimum Gasteiger partial charge on any atom is -0.454 e. The van der Waals surface area contributed by atoms with Gasteiger partial charge in [0, 0.05) is 29.8 Å². The molecule has 5 rings (SSSR count). The molecule has 1 aliphatic heterocycles. The van der Waals surface area contributed by atoms with E-state index in [1.54, 1.807) is 0 Å². The number of nitrogens with zero attached hydrogens (tertiary/aromatic N) is 5. The van der Waals surface area contributed by atoms with Crippen LogP contribution in [0.4, 0.5) is 0 Å². The molecular weight excluding hydrogens is 330 g/mol. The van der Waals surface area contributed by atoms with E-state index in [1.807, 2.05) is 42.8 Å². The zero-order chi connectivity index (χ0) is 17.7. The molecule has 130 valence electrons. The molecule has 1 aromatic carbocycles. The van der Waals surface area contributed by atoms with Crippen LogP contribution in [0, 0.1) is 13.8 Å². The number of ether oxygens (including phenoxy) is 2. The molecule has 0 fully saturated rings. The Labute approximate surface area is 149 Å². The Morgan fingerprint density at radius 2 is 1.88 bits per heavy atom. The Morgan fingerprint density at radius 1 is 1.04 bits per heavy atom. The number of aromatic nitrogens is 5. The molecule has 4 heterocycles. The summed E-state index contributed by atoms with van der Waals surface area (Å²) in [4.78, 5) is 13.7. The van der Waals surface area contributed by atoms with Crippen molar-refractivity contribution in [3.05, 3.63) is 53.4 Å². The van der Waals surface area contributed by atoms with Gasteiger partial charge in [-0.05, 0) is 32.4 Å². The van der Waals surface area contributed by atoms with Crippen molar-refractivity contribution in [2.24, 2.45) is 0 Å². The Bertz CT molecular complexity index is 1110. The zero-order valence-electron chi connectivity index (χ0n) is 14.6. The number of hydrogen-bond acceptors (Lipinski definition) is 6. The van der Waals surface area contributed by atoms with Gasteiger partial charge in [-0.25, -0.2) is 9.50 Å². The smallest absolute Gasteiger partial charge is 0.231 e. The maximum absolute atomic E-state index is 5.44. The summed E-state index contributed by atoms with van der Waals surface area (Å²) < 4.78 is 12.7. The Hall–Kier alpha value is -3.22. The molecule has 0 amide bonds. The van der Waals surface area contributed by atoms with Gasteiger partial charge in [0.1, 0.15) is 0 Å². The zero-order valence-corrected chi connectivity index (χ0v) is 14.6. The number of benzene rings is 1. The molecule has 4 aromatic rings. The summed E-state index contributed by atoms with van der Waals surface area (Å²) in [6.07, 6.45) is 3.31. The molecule has 0 atom stereocenters. The van der Waals surface area contributed by atoms with Crippen molar-refractivity contribution in [2.45, 2.75) is 26.7 Å². The van der Waals surface area contributed by atoms with Gasteiger partial charge in [0.2, 0.25) is 6.79 Å². The molecule has 1 aliphatic rings. The first-order valence-electron chi connectivity index (χ1n) is 8.54. The third-order valence-corrected chi connectivity index (χ3v) is 4.60. The molecule has 0 saturated heterocycles. The number of pyridine rings is 1. The van der Waals surface area contributed by atoms with Gasteiger partial charge in [0.05, 0.1) is 16.9 Å². The second kappa shape index (κ2) is 5.66. The largest absolute Gasteiger partial charge is 0.454 e. The lowest BCUT2D eigenvalue weighted by Gasteiger charge is -2.03. The van der Waals surface area contributed by atoms with Crippen molar-refractivity contribution in [1.82, 2.24) is 24.6 Å². The SMILES string of the molecule is Cc1ncc(C)n2nc(CCc3ccc4cc5c(cc4n3)OCO5)nc12. The summed E-state index contributed by atoms with van der Waals surface area (Å²) in [5.74, 6) is 2.33. The van der Waals surface area contributed by atoms with E-state index in [9.17, 15) is 0 Å². The predicted molar refractivity (Wildman–Crippen MR) is 95.5 cm³/mol. The van der Waals surface area contributed by atoms with Gasteiger partial charge in [0.25, 0.3) is 0 Å². The van der Waals surface area contributed by atoms with Crippen LogP contribution in [0.15, 0.2) is 30.5 Å². The molecule has 0 spiro atoms. The van der Waals surface area contributed by atoms with Crippen LogP contribution in [0.2, 0.25) is 0 Å². The van der Waals surface area contributed by atoms with Crippen LogP contribution in [0.1, 0.15) is 22.9 Å². The van der Waals surface area contributed by atoms with Crippen molar-refractivity contribution in [3.8, 4) is 11.5 Å². The molecule has 3 aromatic heterocycles. The fraction of sp³-hybridized carbons (Fsp3) is 0.263. The van der Waals surface area contributed by atoms with Crippen LogP contribution >= 0.6 is 0 Å². The van der Waals surface area contributed by atoms with Crippen LogP contribution in [0.3, 0.4) is 0 Å². The molecule has 26 heavy (non-hydrogen) atoms. The monoisotopic (exact) mass is 347 g/mol. The van der Waals surface area contributed by atoms with Gasteiger partial charge < -0.3 is 9.47 Å². The van der Waals surface area contributed by atoms with Gasteiger partial charge in [-0.3, -0.25) is 9.97 Å². The van der Waals surface area contributed by atoms with E-state index < -0.39 is 0 Å². The van der Waals surface area contributed by atoms with Gasteiger partial charge >= 0.3 is 0 Å². The highest BCUT2D eigenvalue weighted by Gasteiger charge is 2.15. The van der Waals surface area contributed by atoms with Gasteiger partial charge in [0.15, 0.2) is 23.0 Å². The van der Waals surface area contributed by atoms with E-state index in [2.05, 4.69) is 21.1 Å². The lowest BCUT2D eigenvalue weighted by Crippen LogP contribution is -1.99. The topological polar surface area (TPSA) is 74.4 Å². The fourth-order valence-electron chi connectivity index (χ4n) is 3.18. The van der Waals surface area contributed by atoms with Gasteiger partial charge in [-0.1, -0.05) is 6.07 Å². The summed E-state index contributed by atoms with van der Waals surface area (Å²) in [5.41, 5.74) is 4.59. The van der Waals surface area contributed by atoms with E-state index in [-0.39, 0.29) is 6.79 Å².